The van der Waals surface area contributed by atoms with E-state index in [1.165, 1.54) is 12.8 Å². The van der Waals surface area contributed by atoms with Gasteiger partial charge in [0.25, 0.3) is 0 Å². The molecule has 0 aliphatic carbocycles. The van der Waals surface area contributed by atoms with E-state index in [0.717, 1.165) is 24.5 Å². The molecule has 1 atom stereocenters. The third-order valence-electron chi connectivity index (χ3n) is 4.73. The first kappa shape index (κ1) is 16.8. The van der Waals surface area contributed by atoms with Crippen molar-refractivity contribution < 1.29 is 9.26 Å². The lowest BCUT2D eigenvalue weighted by Gasteiger charge is -2.34. The lowest BCUT2D eigenvalue weighted by molar-refractivity contribution is 0.116. The van der Waals surface area contributed by atoms with E-state index in [-0.39, 0.29) is 0 Å². The summed E-state index contributed by atoms with van der Waals surface area (Å²) in [7, 11) is 2.04. The maximum absolute atomic E-state index is 5.68. The summed E-state index contributed by atoms with van der Waals surface area (Å²) < 4.78 is 13.2. The van der Waals surface area contributed by atoms with Crippen LogP contribution in [0.15, 0.2) is 47.2 Å². The second kappa shape index (κ2) is 7.70. The van der Waals surface area contributed by atoms with Crippen LogP contribution in [0.4, 0.5) is 0 Å². The molecule has 2 aromatic heterocycles. The Labute approximate surface area is 152 Å². The lowest BCUT2D eigenvalue weighted by atomic mass is 10.0. The van der Waals surface area contributed by atoms with Crippen LogP contribution in [0.5, 0.6) is 5.75 Å². The van der Waals surface area contributed by atoms with Gasteiger partial charge in [-0.2, -0.15) is 4.98 Å². The van der Waals surface area contributed by atoms with E-state index in [1.54, 1.807) is 0 Å². The number of likely N-dealkylation sites (tertiary alicyclic amines) is 1. The van der Waals surface area contributed by atoms with Crippen molar-refractivity contribution in [2.45, 2.75) is 38.5 Å². The normalized spacial score (nSPS) is 18.1. The summed E-state index contributed by atoms with van der Waals surface area (Å²) in [6.07, 6.45) is 7.34. The molecule has 0 N–H and O–H groups in total. The number of para-hydroxylation sites is 1. The zero-order chi connectivity index (χ0) is 17.8. The Morgan fingerprint density at radius 1 is 1.23 bits per heavy atom. The van der Waals surface area contributed by atoms with Gasteiger partial charge >= 0.3 is 0 Å². The fourth-order valence-electron chi connectivity index (χ4n) is 3.42. The minimum absolute atomic E-state index is 0.291. The quantitative estimate of drug-likeness (QED) is 0.678. The number of aryl methyl sites for hydroxylation is 1. The number of benzene rings is 1. The van der Waals surface area contributed by atoms with Crippen LogP contribution >= 0.6 is 0 Å². The largest absolute Gasteiger partial charge is 0.485 e. The van der Waals surface area contributed by atoms with Crippen molar-refractivity contribution >= 4 is 0 Å². The molecule has 3 heterocycles. The van der Waals surface area contributed by atoms with Gasteiger partial charge in [0.05, 0.1) is 12.6 Å². The third-order valence-corrected chi connectivity index (χ3v) is 4.73. The molecule has 1 aliphatic rings. The van der Waals surface area contributed by atoms with Gasteiger partial charge in [0, 0.05) is 19.4 Å². The van der Waals surface area contributed by atoms with E-state index in [1.807, 2.05) is 49.8 Å². The highest BCUT2D eigenvalue weighted by molar-refractivity contribution is 5.20. The van der Waals surface area contributed by atoms with Gasteiger partial charge in [-0.05, 0) is 31.5 Å². The van der Waals surface area contributed by atoms with Crippen molar-refractivity contribution in [1.82, 2.24) is 24.6 Å². The molecule has 0 saturated carbocycles. The van der Waals surface area contributed by atoms with Gasteiger partial charge in [-0.3, -0.25) is 4.90 Å². The number of rotatable bonds is 6. The van der Waals surface area contributed by atoms with Crippen molar-refractivity contribution in [1.29, 1.82) is 0 Å². The minimum Gasteiger partial charge on any atom is -0.485 e. The van der Waals surface area contributed by atoms with E-state index in [0.29, 0.717) is 30.9 Å². The first-order chi connectivity index (χ1) is 12.8. The third kappa shape index (κ3) is 3.77. The molecular formula is C19H23N5O2. The van der Waals surface area contributed by atoms with Crippen LogP contribution in [0.25, 0.3) is 0 Å². The number of nitrogens with zero attached hydrogens (tertiary/aromatic N) is 5. The zero-order valence-electron chi connectivity index (χ0n) is 14.9. The van der Waals surface area contributed by atoms with Crippen molar-refractivity contribution in [2.24, 2.45) is 7.05 Å². The average Bonchev–Trinajstić information content (AvgIpc) is 3.30. The highest BCUT2D eigenvalue weighted by Gasteiger charge is 2.28. The van der Waals surface area contributed by atoms with Crippen molar-refractivity contribution in [3.63, 3.8) is 0 Å². The predicted octanol–water partition coefficient (Wildman–Crippen LogP) is 3.11. The molecule has 4 rings (SSSR count). The standard InChI is InChI=1S/C19H23N5O2/c1-23-12-10-20-19(23)16-9-5-6-11-24(16)13-18-21-17(22-26-18)14-25-15-7-3-2-4-8-15/h2-4,7-8,10,12,16H,5-6,9,11,13-14H2,1H3. The van der Waals surface area contributed by atoms with Crippen LogP contribution < -0.4 is 4.74 Å². The van der Waals surface area contributed by atoms with Crippen LogP contribution in [0, 0.1) is 0 Å². The average molecular weight is 353 g/mol. The van der Waals surface area contributed by atoms with Gasteiger partial charge in [0.1, 0.15) is 11.6 Å². The Morgan fingerprint density at radius 3 is 2.92 bits per heavy atom. The zero-order valence-corrected chi connectivity index (χ0v) is 14.9. The molecule has 1 aliphatic heterocycles. The molecule has 7 heteroatoms. The SMILES string of the molecule is Cn1ccnc1C1CCCCN1Cc1nc(COc2ccccc2)no1. The van der Waals surface area contributed by atoms with Crippen molar-refractivity contribution in [3.8, 4) is 5.75 Å². The molecule has 0 bridgehead atoms. The summed E-state index contributed by atoms with van der Waals surface area (Å²) >= 11 is 0. The summed E-state index contributed by atoms with van der Waals surface area (Å²) in [4.78, 5) is 11.4. The number of imidazole rings is 1. The predicted molar refractivity (Wildman–Crippen MR) is 95.3 cm³/mol. The molecule has 1 saturated heterocycles. The highest BCUT2D eigenvalue weighted by atomic mass is 16.5. The Hall–Kier alpha value is -2.67. The monoisotopic (exact) mass is 353 g/mol. The summed E-state index contributed by atoms with van der Waals surface area (Å²) in [5.74, 6) is 3.08. The molecular weight excluding hydrogens is 330 g/mol. The van der Waals surface area contributed by atoms with Crippen LogP contribution in [0.1, 0.15) is 42.8 Å². The maximum atomic E-state index is 5.68. The summed E-state index contributed by atoms with van der Waals surface area (Å²) in [5.41, 5.74) is 0. The van der Waals surface area contributed by atoms with Gasteiger partial charge in [-0.1, -0.05) is 29.8 Å². The van der Waals surface area contributed by atoms with Crippen LogP contribution in [0.2, 0.25) is 0 Å². The maximum Gasteiger partial charge on any atom is 0.240 e. The van der Waals surface area contributed by atoms with E-state index in [2.05, 4.69) is 24.6 Å². The van der Waals surface area contributed by atoms with Gasteiger partial charge in [-0.25, -0.2) is 4.98 Å². The fourth-order valence-corrected chi connectivity index (χ4v) is 3.42. The van der Waals surface area contributed by atoms with Gasteiger partial charge in [-0.15, -0.1) is 0 Å². The van der Waals surface area contributed by atoms with Crippen LogP contribution in [-0.4, -0.2) is 31.1 Å². The molecule has 1 fully saturated rings. The first-order valence-corrected chi connectivity index (χ1v) is 9.00. The second-order valence-electron chi connectivity index (χ2n) is 6.58. The molecule has 0 radical (unpaired) electrons. The molecule has 1 aromatic carbocycles. The van der Waals surface area contributed by atoms with Crippen LogP contribution in [0.3, 0.4) is 0 Å². The second-order valence-corrected chi connectivity index (χ2v) is 6.58. The lowest BCUT2D eigenvalue weighted by Crippen LogP contribution is -2.34. The molecule has 136 valence electrons. The summed E-state index contributed by atoms with van der Waals surface area (Å²) in [5, 5.41) is 4.04. The van der Waals surface area contributed by atoms with Gasteiger partial charge in [0.15, 0.2) is 6.61 Å². The number of hydrogen-bond acceptors (Lipinski definition) is 6. The molecule has 26 heavy (non-hydrogen) atoms. The van der Waals surface area contributed by atoms with Crippen molar-refractivity contribution in [2.75, 3.05) is 6.54 Å². The topological polar surface area (TPSA) is 69.2 Å². The van der Waals surface area contributed by atoms with E-state index in [9.17, 15) is 0 Å². The van der Waals surface area contributed by atoms with E-state index < -0.39 is 0 Å². The summed E-state index contributed by atoms with van der Waals surface area (Å²) in [6, 6.07) is 9.93. The highest BCUT2D eigenvalue weighted by Crippen LogP contribution is 2.30. The molecule has 0 spiro atoms. The van der Waals surface area contributed by atoms with Gasteiger partial charge in [0.2, 0.25) is 11.7 Å². The Kier molecular flexibility index (Phi) is 4.97. The molecule has 1 unspecified atom stereocenters. The Morgan fingerprint density at radius 2 is 2.12 bits per heavy atom. The smallest absolute Gasteiger partial charge is 0.240 e. The fraction of sp³-hybridized carbons (Fsp3) is 0.421. The minimum atomic E-state index is 0.291. The Bertz CT molecular complexity index is 829. The van der Waals surface area contributed by atoms with E-state index in [4.69, 9.17) is 9.26 Å². The Balaban J connectivity index is 1.40. The van der Waals surface area contributed by atoms with Gasteiger partial charge < -0.3 is 13.8 Å². The number of hydrogen-bond donors (Lipinski definition) is 0. The van der Waals surface area contributed by atoms with Crippen molar-refractivity contribution in [3.05, 3.63) is 60.3 Å². The first-order valence-electron chi connectivity index (χ1n) is 9.00. The van der Waals surface area contributed by atoms with E-state index >= 15 is 0 Å². The summed E-state index contributed by atoms with van der Waals surface area (Å²) in [6.45, 7) is 1.95. The molecule has 7 nitrogen and oxygen atoms in total. The number of ether oxygens (including phenoxy) is 1. The number of piperidine rings is 1. The molecule has 0 amide bonds. The number of aromatic nitrogens is 4. The van der Waals surface area contributed by atoms with Crippen LogP contribution in [-0.2, 0) is 20.2 Å². The molecule has 3 aromatic rings.